The third-order valence-corrected chi connectivity index (χ3v) is 3.33. The summed E-state index contributed by atoms with van der Waals surface area (Å²) < 4.78 is 0. The van der Waals surface area contributed by atoms with Crippen LogP contribution in [0.3, 0.4) is 0 Å². The molecule has 1 unspecified atom stereocenters. The molecule has 1 amide bonds. The van der Waals surface area contributed by atoms with Gasteiger partial charge in [0.05, 0.1) is 17.9 Å². The Morgan fingerprint density at radius 1 is 1.67 bits per heavy atom. The zero-order valence-corrected chi connectivity index (χ0v) is 10.2. The van der Waals surface area contributed by atoms with Crippen LogP contribution in [0.25, 0.3) is 0 Å². The van der Waals surface area contributed by atoms with Crippen LogP contribution in [0.5, 0.6) is 0 Å². The standard InChI is InChI=1S/C12H18N4O2/c13-15-12(18)10-4-1-5-14-11(10)7-16-6-2-3-9(16)8-17/h1,4-5,9,17H,2-3,6-8,13H2,(H,15,18). The monoisotopic (exact) mass is 250 g/mol. The third-order valence-electron chi connectivity index (χ3n) is 3.33. The van der Waals surface area contributed by atoms with Crippen molar-refractivity contribution in [2.24, 2.45) is 5.84 Å². The molecular weight excluding hydrogens is 232 g/mol. The number of carbonyl (C=O) groups is 1. The molecule has 0 radical (unpaired) electrons. The maximum Gasteiger partial charge on any atom is 0.267 e. The molecule has 18 heavy (non-hydrogen) atoms. The van der Waals surface area contributed by atoms with Gasteiger partial charge in [-0.15, -0.1) is 0 Å². The maximum absolute atomic E-state index is 11.6. The van der Waals surface area contributed by atoms with Crippen LogP contribution in [-0.4, -0.2) is 40.1 Å². The van der Waals surface area contributed by atoms with Gasteiger partial charge in [-0.3, -0.25) is 20.1 Å². The summed E-state index contributed by atoms with van der Waals surface area (Å²) in [7, 11) is 0. The van der Waals surface area contributed by atoms with E-state index in [1.165, 1.54) is 0 Å². The number of hydrogen-bond donors (Lipinski definition) is 3. The van der Waals surface area contributed by atoms with Gasteiger partial charge in [0, 0.05) is 18.8 Å². The Hall–Kier alpha value is -1.50. The fraction of sp³-hybridized carbons (Fsp3) is 0.500. The number of rotatable bonds is 4. The first kappa shape index (κ1) is 12.9. The van der Waals surface area contributed by atoms with Gasteiger partial charge in [-0.2, -0.15) is 0 Å². The molecule has 2 rings (SSSR count). The number of nitrogen functional groups attached to an aromatic ring is 1. The molecule has 0 spiro atoms. The number of aliphatic hydroxyl groups is 1. The predicted molar refractivity (Wildman–Crippen MR) is 66.4 cm³/mol. The van der Waals surface area contributed by atoms with Crippen molar-refractivity contribution in [2.45, 2.75) is 25.4 Å². The SMILES string of the molecule is NNC(=O)c1cccnc1CN1CCCC1CO. The van der Waals surface area contributed by atoms with E-state index in [1.807, 2.05) is 0 Å². The van der Waals surface area contributed by atoms with Crippen LogP contribution in [0.1, 0.15) is 28.9 Å². The summed E-state index contributed by atoms with van der Waals surface area (Å²) in [6.45, 7) is 1.63. The molecule has 1 aromatic rings. The summed E-state index contributed by atoms with van der Waals surface area (Å²) in [5.74, 6) is 4.82. The van der Waals surface area contributed by atoms with E-state index in [2.05, 4.69) is 15.3 Å². The number of nitrogens with one attached hydrogen (secondary N) is 1. The quantitative estimate of drug-likeness (QED) is 0.386. The molecule has 0 aromatic carbocycles. The minimum atomic E-state index is -0.335. The first-order valence-electron chi connectivity index (χ1n) is 6.06. The van der Waals surface area contributed by atoms with Gasteiger partial charge in [0.25, 0.3) is 5.91 Å². The normalized spacial score (nSPS) is 20.0. The highest BCUT2D eigenvalue weighted by molar-refractivity contribution is 5.94. The summed E-state index contributed by atoms with van der Waals surface area (Å²) in [4.78, 5) is 18.0. The van der Waals surface area contributed by atoms with Crippen molar-refractivity contribution in [3.63, 3.8) is 0 Å². The predicted octanol–water partition coefficient (Wildman–Crippen LogP) is -0.358. The van der Waals surface area contributed by atoms with Gasteiger partial charge in [-0.05, 0) is 31.5 Å². The molecule has 1 atom stereocenters. The molecule has 1 aliphatic heterocycles. The van der Waals surface area contributed by atoms with Crippen LogP contribution in [0.4, 0.5) is 0 Å². The number of aliphatic hydroxyl groups excluding tert-OH is 1. The Balaban J connectivity index is 2.16. The van der Waals surface area contributed by atoms with E-state index >= 15 is 0 Å². The van der Waals surface area contributed by atoms with E-state index in [-0.39, 0.29) is 18.6 Å². The number of nitrogens with two attached hydrogens (primary N) is 1. The van der Waals surface area contributed by atoms with Crippen LogP contribution < -0.4 is 11.3 Å². The highest BCUT2D eigenvalue weighted by Gasteiger charge is 2.25. The zero-order chi connectivity index (χ0) is 13.0. The van der Waals surface area contributed by atoms with Crippen LogP contribution >= 0.6 is 0 Å². The van der Waals surface area contributed by atoms with Crippen LogP contribution in [0.15, 0.2) is 18.3 Å². The molecule has 0 bridgehead atoms. The number of hydrogen-bond acceptors (Lipinski definition) is 5. The van der Waals surface area contributed by atoms with E-state index < -0.39 is 0 Å². The molecule has 0 aliphatic carbocycles. The lowest BCUT2D eigenvalue weighted by Crippen LogP contribution is -2.35. The lowest BCUT2D eigenvalue weighted by molar-refractivity contribution is 0.0949. The molecule has 1 saturated heterocycles. The largest absolute Gasteiger partial charge is 0.395 e. The highest BCUT2D eigenvalue weighted by atomic mass is 16.3. The Kier molecular flexibility index (Phi) is 4.24. The van der Waals surface area contributed by atoms with Crippen LogP contribution in [0.2, 0.25) is 0 Å². The topological polar surface area (TPSA) is 91.5 Å². The molecule has 1 aromatic heterocycles. The Labute approximate surface area is 106 Å². The van der Waals surface area contributed by atoms with E-state index in [0.717, 1.165) is 19.4 Å². The minimum Gasteiger partial charge on any atom is -0.395 e. The molecule has 1 aliphatic rings. The fourth-order valence-corrected chi connectivity index (χ4v) is 2.35. The zero-order valence-electron chi connectivity index (χ0n) is 10.2. The van der Waals surface area contributed by atoms with Gasteiger partial charge in [0.1, 0.15) is 0 Å². The molecule has 4 N–H and O–H groups in total. The summed E-state index contributed by atoms with van der Waals surface area (Å²) in [6.07, 6.45) is 3.71. The maximum atomic E-state index is 11.6. The van der Waals surface area contributed by atoms with Crippen molar-refractivity contribution >= 4 is 5.91 Å². The van der Waals surface area contributed by atoms with E-state index in [9.17, 15) is 9.90 Å². The molecular formula is C12H18N4O2. The second kappa shape index (κ2) is 5.90. The lowest BCUT2D eigenvalue weighted by Gasteiger charge is -2.22. The van der Waals surface area contributed by atoms with Gasteiger partial charge in [0.2, 0.25) is 0 Å². The summed E-state index contributed by atoms with van der Waals surface area (Å²) in [5.41, 5.74) is 3.31. The summed E-state index contributed by atoms with van der Waals surface area (Å²) in [5, 5.41) is 9.28. The summed E-state index contributed by atoms with van der Waals surface area (Å²) >= 11 is 0. The molecule has 6 nitrogen and oxygen atoms in total. The van der Waals surface area contributed by atoms with E-state index in [1.54, 1.807) is 18.3 Å². The van der Waals surface area contributed by atoms with E-state index in [4.69, 9.17) is 5.84 Å². The van der Waals surface area contributed by atoms with Crippen molar-refractivity contribution in [2.75, 3.05) is 13.2 Å². The Morgan fingerprint density at radius 3 is 3.22 bits per heavy atom. The molecule has 2 heterocycles. The van der Waals surface area contributed by atoms with E-state index in [0.29, 0.717) is 17.8 Å². The lowest BCUT2D eigenvalue weighted by atomic mass is 10.1. The fourth-order valence-electron chi connectivity index (χ4n) is 2.35. The smallest absolute Gasteiger partial charge is 0.267 e. The van der Waals surface area contributed by atoms with Crippen molar-refractivity contribution in [3.8, 4) is 0 Å². The minimum absolute atomic E-state index is 0.144. The third kappa shape index (κ3) is 2.66. The van der Waals surface area contributed by atoms with Crippen molar-refractivity contribution in [1.29, 1.82) is 0 Å². The van der Waals surface area contributed by atoms with Gasteiger partial charge in [-0.1, -0.05) is 0 Å². The van der Waals surface area contributed by atoms with Crippen LogP contribution in [-0.2, 0) is 6.54 Å². The van der Waals surface area contributed by atoms with Gasteiger partial charge in [0.15, 0.2) is 0 Å². The number of aromatic nitrogens is 1. The first-order chi connectivity index (χ1) is 8.76. The molecule has 6 heteroatoms. The second-order valence-electron chi connectivity index (χ2n) is 4.42. The number of carbonyl (C=O) groups excluding carboxylic acids is 1. The Morgan fingerprint density at radius 2 is 2.50 bits per heavy atom. The van der Waals surface area contributed by atoms with Crippen molar-refractivity contribution in [1.82, 2.24) is 15.3 Å². The first-order valence-corrected chi connectivity index (χ1v) is 6.06. The molecule has 98 valence electrons. The number of nitrogens with zero attached hydrogens (tertiary/aromatic N) is 2. The van der Waals surface area contributed by atoms with Gasteiger partial charge >= 0.3 is 0 Å². The second-order valence-corrected chi connectivity index (χ2v) is 4.42. The highest BCUT2D eigenvalue weighted by Crippen LogP contribution is 2.20. The van der Waals surface area contributed by atoms with Gasteiger partial charge in [-0.25, -0.2) is 5.84 Å². The average molecular weight is 250 g/mol. The van der Waals surface area contributed by atoms with Crippen molar-refractivity contribution in [3.05, 3.63) is 29.6 Å². The average Bonchev–Trinajstić information content (AvgIpc) is 2.86. The Bertz CT molecular complexity index is 424. The molecule has 0 saturated carbocycles. The van der Waals surface area contributed by atoms with Crippen LogP contribution in [0, 0.1) is 0 Å². The van der Waals surface area contributed by atoms with Crippen molar-refractivity contribution < 1.29 is 9.90 Å². The number of amides is 1. The van der Waals surface area contributed by atoms with Gasteiger partial charge < -0.3 is 5.11 Å². The number of pyridine rings is 1. The molecule has 1 fully saturated rings. The number of likely N-dealkylation sites (tertiary alicyclic amines) is 1. The number of hydrazine groups is 1. The summed E-state index contributed by atoms with van der Waals surface area (Å²) in [6, 6.07) is 3.58.